The molecule has 1 aromatic carbocycles. The smallest absolute Gasteiger partial charge is 0.338 e. The minimum absolute atomic E-state index is 0.278. The largest absolute Gasteiger partial charge is 0.463 e. The van der Waals surface area contributed by atoms with Crippen LogP contribution in [-0.4, -0.2) is 23.4 Å². The zero-order chi connectivity index (χ0) is 18.0. The molecule has 25 heavy (non-hydrogen) atoms. The third-order valence-corrected chi connectivity index (χ3v) is 4.97. The van der Waals surface area contributed by atoms with E-state index in [0.29, 0.717) is 32.7 Å². The highest BCUT2D eigenvalue weighted by molar-refractivity contribution is 7.11. The molecule has 0 bridgehead atoms. The van der Waals surface area contributed by atoms with E-state index in [0.717, 1.165) is 5.01 Å². The first-order chi connectivity index (χ1) is 12.0. The van der Waals surface area contributed by atoms with Crippen LogP contribution < -0.4 is 5.32 Å². The van der Waals surface area contributed by atoms with Gasteiger partial charge >= 0.3 is 5.97 Å². The number of hydrogen-bond acceptors (Lipinski definition) is 6. The molecule has 1 aromatic heterocycles. The van der Waals surface area contributed by atoms with E-state index in [1.165, 1.54) is 11.3 Å². The van der Waals surface area contributed by atoms with Crippen LogP contribution in [0.1, 0.15) is 30.5 Å². The van der Waals surface area contributed by atoms with Gasteiger partial charge in [0.2, 0.25) is 0 Å². The summed E-state index contributed by atoms with van der Waals surface area (Å²) in [6.45, 7) is 3.85. The molecule has 2 heterocycles. The Morgan fingerprint density at radius 3 is 2.84 bits per heavy atom. The molecular weight excluding hydrogens is 381 g/mol. The Kier molecular flexibility index (Phi) is 5.42. The molecule has 0 saturated heterocycles. The summed E-state index contributed by atoms with van der Waals surface area (Å²) in [5, 5.41) is 6.70. The van der Waals surface area contributed by atoms with Crippen molar-refractivity contribution in [3.8, 4) is 0 Å². The maximum Gasteiger partial charge on any atom is 0.338 e. The third-order valence-electron chi connectivity index (χ3n) is 3.63. The molecule has 0 amide bonds. The van der Waals surface area contributed by atoms with Crippen LogP contribution in [0.5, 0.6) is 0 Å². The number of carbonyl (C=O) groups excluding carboxylic acids is 1. The average Bonchev–Trinajstić information content (AvgIpc) is 3.08. The van der Waals surface area contributed by atoms with Crippen LogP contribution in [0.3, 0.4) is 0 Å². The zero-order valence-electron chi connectivity index (χ0n) is 13.5. The number of ether oxygens (including phenoxy) is 1. The van der Waals surface area contributed by atoms with Crippen LogP contribution in [0.4, 0.5) is 0 Å². The number of amidine groups is 1. The number of halogens is 2. The molecule has 3 rings (SSSR count). The number of hydrogen-bond donors (Lipinski definition) is 1. The Balaban J connectivity index is 2.11. The Morgan fingerprint density at radius 1 is 1.40 bits per heavy atom. The molecule has 0 saturated carbocycles. The first-order valence-electron chi connectivity index (χ1n) is 7.58. The van der Waals surface area contributed by atoms with Gasteiger partial charge in [-0.1, -0.05) is 29.3 Å². The normalized spacial score (nSPS) is 17.1. The van der Waals surface area contributed by atoms with Crippen molar-refractivity contribution < 1.29 is 9.53 Å². The summed E-state index contributed by atoms with van der Waals surface area (Å²) in [4.78, 5) is 21.5. The van der Waals surface area contributed by atoms with Gasteiger partial charge in [0.15, 0.2) is 10.8 Å². The number of thiazole rings is 1. The van der Waals surface area contributed by atoms with E-state index in [4.69, 9.17) is 27.9 Å². The predicted molar refractivity (Wildman–Crippen MR) is 100 cm³/mol. The number of aliphatic imine (C=N–C) groups is 1. The van der Waals surface area contributed by atoms with Gasteiger partial charge in [-0.3, -0.25) is 4.99 Å². The van der Waals surface area contributed by atoms with Crippen LogP contribution in [0.15, 0.2) is 46.0 Å². The van der Waals surface area contributed by atoms with Crippen LogP contribution in [-0.2, 0) is 9.53 Å². The highest BCUT2D eigenvalue weighted by Crippen LogP contribution is 2.37. The summed E-state index contributed by atoms with van der Waals surface area (Å²) in [7, 11) is 0. The molecule has 0 unspecified atom stereocenters. The van der Waals surface area contributed by atoms with E-state index >= 15 is 0 Å². The number of carbonyl (C=O) groups is 1. The highest BCUT2D eigenvalue weighted by atomic mass is 35.5. The fourth-order valence-electron chi connectivity index (χ4n) is 2.55. The van der Waals surface area contributed by atoms with Gasteiger partial charge in [-0.2, -0.15) is 0 Å². The van der Waals surface area contributed by atoms with Gasteiger partial charge in [-0.05, 0) is 26.0 Å². The van der Waals surface area contributed by atoms with Gasteiger partial charge in [-0.25, -0.2) is 9.78 Å². The van der Waals surface area contributed by atoms with Gasteiger partial charge in [0.05, 0.1) is 12.2 Å². The fraction of sp³-hybridized carbons (Fsp3) is 0.235. The third kappa shape index (κ3) is 3.71. The summed E-state index contributed by atoms with van der Waals surface area (Å²) < 4.78 is 5.20. The molecular formula is C17H15Cl2N3O2S. The minimum Gasteiger partial charge on any atom is -0.463 e. The number of nitrogens with one attached hydrogen (secondary N) is 1. The number of esters is 1. The second kappa shape index (κ2) is 7.56. The quantitative estimate of drug-likeness (QED) is 0.780. The summed E-state index contributed by atoms with van der Waals surface area (Å²) >= 11 is 13.8. The number of benzene rings is 1. The minimum atomic E-state index is -0.594. The SMILES string of the molecule is CCOC(=O)C1=C(C)NC(c2nccs2)=N[C@@H]1c1ccc(Cl)cc1Cl. The summed E-state index contributed by atoms with van der Waals surface area (Å²) in [6.07, 6.45) is 1.70. The maximum atomic E-state index is 12.5. The van der Waals surface area contributed by atoms with E-state index in [1.807, 2.05) is 12.3 Å². The molecule has 0 aliphatic carbocycles. The summed E-state index contributed by atoms with van der Waals surface area (Å²) in [5.74, 6) is 0.169. The van der Waals surface area contributed by atoms with Crippen LogP contribution >= 0.6 is 34.5 Å². The molecule has 1 atom stereocenters. The standard InChI is InChI=1S/C17H15Cl2N3O2S/c1-3-24-17(23)13-9(2)21-15(16-20-6-7-25-16)22-14(13)11-5-4-10(18)8-12(11)19/h4-8,14H,3H2,1-2H3,(H,21,22)/t14-/m1/s1. The van der Waals surface area contributed by atoms with Crippen molar-refractivity contribution in [1.82, 2.24) is 10.3 Å². The van der Waals surface area contributed by atoms with Crippen molar-refractivity contribution in [1.29, 1.82) is 0 Å². The van der Waals surface area contributed by atoms with E-state index in [1.54, 1.807) is 31.3 Å². The Hall–Kier alpha value is -1.89. The summed E-state index contributed by atoms with van der Waals surface area (Å²) in [6, 6.07) is 4.54. The maximum absolute atomic E-state index is 12.5. The van der Waals surface area contributed by atoms with Crippen molar-refractivity contribution >= 4 is 46.3 Å². The van der Waals surface area contributed by atoms with Gasteiger partial charge in [0.1, 0.15) is 6.04 Å². The number of nitrogens with zero attached hydrogens (tertiary/aromatic N) is 2. The first-order valence-corrected chi connectivity index (χ1v) is 9.22. The van der Waals surface area contributed by atoms with Crippen LogP contribution in [0.2, 0.25) is 10.0 Å². The molecule has 0 radical (unpaired) electrons. The van der Waals surface area contributed by atoms with Crippen molar-refractivity contribution in [3.63, 3.8) is 0 Å². The van der Waals surface area contributed by atoms with Gasteiger partial charge in [0.25, 0.3) is 0 Å². The number of allylic oxidation sites excluding steroid dienone is 1. The lowest BCUT2D eigenvalue weighted by Gasteiger charge is -2.26. The van der Waals surface area contributed by atoms with Gasteiger partial charge in [-0.15, -0.1) is 11.3 Å². The van der Waals surface area contributed by atoms with Crippen molar-refractivity contribution in [2.75, 3.05) is 6.61 Å². The lowest BCUT2D eigenvalue weighted by Crippen LogP contribution is -2.32. The van der Waals surface area contributed by atoms with E-state index in [9.17, 15) is 4.79 Å². The Labute approximate surface area is 159 Å². The molecule has 1 aliphatic heterocycles. The molecule has 2 aromatic rings. The van der Waals surface area contributed by atoms with Crippen LogP contribution in [0.25, 0.3) is 0 Å². The predicted octanol–water partition coefficient (Wildman–Crippen LogP) is 4.38. The monoisotopic (exact) mass is 395 g/mol. The molecule has 130 valence electrons. The van der Waals surface area contributed by atoms with Crippen molar-refractivity contribution in [2.45, 2.75) is 19.9 Å². The lowest BCUT2D eigenvalue weighted by atomic mass is 9.96. The molecule has 1 N–H and O–H groups in total. The van der Waals surface area contributed by atoms with E-state index < -0.39 is 12.0 Å². The van der Waals surface area contributed by atoms with Gasteiger partial charge < -0.3 is 10.1 Å². The van der Waals surface area contributed by atoms with Crippen LogP contribution in [0, 0.1) is 0 Å². The topological polar surface area (TPSA) is 63.6 Å². The first kappa shape index (κ1) is 17.9. The second-order valence-electron chi connectivity index (χ2n) is 5.27. The zero-order valence-corrected chi connectivity index (χ0v) is 15.9. The van der Waals surface area contributed by atoms with Gasteiger partial charge in [0, 0.05) is 32.9 Å². The van der Waals surface area contributed by atoms with Crippen molar-refractivity contribution in [2.24, 2.45) is 4.99 Å². The second-order valence-corrected chi connectivity index (χ2v) is 7.01. The van der Waals surface area contributed by atoms with E-state index in [2.05, 4.69) is 15.3 Å². The lowest BCUT2D eigenvalue weighted by molar-refractivity contribution is -0.138. The molecule has 1 aliphatic rings. The molecule has 0 fully saturated rings. The summed E-state index contributed by atoms with van der Waals surface area (Å²) in [5.41, 5.74) is 1.77. The fourth-order valence-corrected chi connectivity index (χ4v) is 3.65. The number of aromatic nitrogens is 1. The highest BCUT2D eigenvalue weighted by Gasteiger charge is 2.32. The number of rotatable bonds is 4. The van der Waals surface area contributed by atoms with Crippen molar-refractivity contribution in [3.05, 3.63) is 61.7 Å². The Bertz CT molecular complexity index is 863. The molecule has 5 nitrogen and oxygen atoms in total. The molecule has 8 heteroatoms. The molecule has 0 spiro atoms. The average molecular weight is 396 g/mol. The van der Waals surface area contributed by atoms with E-state index in [-0.39, 0.29) is 6.61 Å². The Morgan fingerprint density at radius 2 is 2.20 bits per heavy atom.